The molecule has 0 aromatic heterocycles. The van der Waals surface area contributed by atoms with E-state index in [0.29, 0.717) is 19.3 Å². The topological polar surface area (TPSA) is 78.9 Å². The van der Waals surface area contributed by atoms with Crippen LogP contribution < -0.4 is 0 Å². The Bertz CT molecular complexity index is 1610. The maximum Gasteiger partial charge on any atom is 0.306 e. The molecule has 0 fully saturated rings. The zero-order valence-electron chi connectivity index (χ0n) is 52.6. The average Bonchev–Trinajstić information content (AvgIpc) is 3.46. The van der Waals surface area contributed by atoms with Gasteiger partial charge in [0.1, 0.15) is 13.2 Å². The number of unbranched alkanes of at least 4 members (excludes halogenated alkanes) is 32. The van der Waals surface area contributed by atoms with Gasteiger partial charge < -0.3 is 14.2 Å². The van der Waals surface area contributed by atoms with Crippen LogP contribution in [0.5, 0.6) is 0 Å². The van der Waals surface area contributed by atoms with Gasteiger partial charge in [-0.3, -0.25) is 14.4 Å². The highest BCUT2D eigenvalue weighted by molar-refractivity contribution is 5.71. The Labute approximate surface area is 495 Å². The van der Waals surface area contributed by atoms with E-state index in [1.54, 1.807) is 0 Å². The largest absolute Gasteiger partial charge is 0.462 e. The van der Waals surface area contributed by atoms with Gasteiger partial charge >= 0.3 is 17.9 Å². The molecule has 6 nitrogen and oxygen atoms in total. The van der Waals surface area contributed by atoms with E-state index < -0.39 is 6.10 Å². The fraction of sp³-hybridized carbons (Fsp3) is 0.716. The van der Waals surface area contributed by atoms with Gasteiger partial charge in [0.2, 0.25) is 0 Å². The smallest absolute Gasteiger partial charge is 0.306 e. The second kappa shape index (κ2) is 67.6. The first-order valence-electron chi connectivity index (χ1n) is 33.9. The number of hydrogen-bond donors (Lipinski definition) is 0. The van der Waals surface area contributed by atoms with Crippen LogP contribution in [0.15, 0.2) is 109 Å². The Morgan fingerprint density at radius 2 is 0.500 bits per heavy atom. The monoisotopic (exact) mass is 1110 g/mol. The second-order valence-corrected chi connectivity index (χ2v) is 22.3. The van der Waals surface area contributed by atoms with Gasteiger partial charge in [0.05, 0.1) is 0 Å². The molecule has 0 rings (SSSR count). The standard InChI is InChI=1S/C74H126O6/c1-4-7-10-13-16-19-22-24-26-28-29-30-31-32-33-34-35-36-37-38-39-40-41-42-43-44-45-46-48-49-52-55-58-61-64-67-73(76)79-70-71(69-78-72(75)66-63-60-57-54-51-21-18-15-12-9-6-3)80-74(77)68-65-62-59-56-53-50-47-27-25-23-20-17-14-11-8-5-2/h7,10,15-16,18-20,23-24,26-27,29-30,32-33,35-36,47,71H,4-6,8-9,11-14,17,21-22,25,28,31,34,37-46,48-70H2,1-3H3/b10-7-,18-15-,19-16-,23-20-,26-24-,30-29-,33-32-,36-35-,47-27-. The summed E-state index contributed by atoms with van der Waals surface area (Å²) in [6, 6.07) is 0. The van der Waals surface area contributed by atoms with Crippen LogP contribution in [0.2, 0.25) is 0 Å². The van der Waals surface area contributed by atoms with Crippen LogP contribution in [0.25, 0.3) is 0 Å². The molecule has 0 saturated carbocycles. The van der Waals surface area contributed by atoms with E-state index in [1.165, 1.54) is 154 Å². The summed E-state index contributed by atoms with van der Waals surface area (Å²) in [5.41, 5.74) is 0. The molecule has 0 N–H and O–H groups in total. The summed E-state index contributed by atoms with van der Waals surface area (Å²) in [7, 11) is 0. The third-order valence-electron chi connectivity index (χ3n) is 14.5. The highest BCUT2D eigenvalue weighted by Crippen LogP contribution is 2.16. The lowest BCUT2D eigenvalue weighted by molar-refractivity contribution is -0.167. The van der Waals surface area contributed by atoms with Crippen molar-refractivity contribution < 1.29 is 28.6 Å². The minimum atomic E-state index is -0.788. The molecule has 0 radical (unpaired) electrons. The van der Waals surface area contributed by atoms with Gasteiger partial charge in [-0.05, 0) is 122 Å². The molecule has 0 aliphatic carbocycles. The van der Waals surface area contributed by atoms with E-state index in [-0.39, 0.29) is 31.1 Å². The molecule has 0 spiro atoms. The summed E-state index contributed by atoms with van der Waals surface area (Å²) in [6.45, 7) is 6.47. The number of rotatable bonds is 61. The summed E-state index contributed by atoms with van der Waals surface area (Å²) in [6.07, 6.45) is 92.6. The number of hydrogen-bond acceptors (Lipinski definition) is 6. The van der Waals surface area contributed by atoms with Crippen molar-refractivity contribution in [1.82, 2.24) is 0 Å². The van der Waals surface area contributed by atoms with Crippen molar-refractivity contribution in [2.75, 3.05) is 13.2 Å². The van der Waals surface area contributed by atoms with Crippen molar-refractivity contribution in [2.45, 2.75) is 329 Å². The van der Waals surface area contributed by atoms with E-state index in [4.69, 9.17) is 14.2 Å². The third-order valence-corrected chi connectivity index (χ3v) is 14.5. The first-order chi connectivity index (χ1) is 39.5. The summed E-state index contributed by atoms with van der Waals surface area (Å²) in [5.74, 6) is -0.898. The van der Waals surface area contributed by atoms with Gasteiger partial charge in [0.25, 0.3) is 0 Å². The number of carbonyl (C=O) groups excluding carboxylic acids is 3. The van der Waals surface area contributed by atoms with Crippen LogP contribution in [-0.2, 0) is 28.6 Å². The van der Waals surface area contributed by atoms with Gasteiger partial charge in [-0.25, -0.2) is 0 Å². The van der Waals surface area contributed by atoms with Crippen LogP contribution in [0.1, 0.15) is 323 Å². The normalized spacial score (nSPS) is 12.8. The molecule has 0 aliphatic rings. The first kappa shape index (κ1) is 76.1. The van der Waals surface area contributed by atoms with Crippen molar-refractivity contribution in [3.63, 3.8) is 0 Å². The van der Waals surface area contributed by atoms with Crippen molar-refractivity contribution in [2.24, 2.45) is 0 Å². The molecule has 458 valence electrons. The van der Waals surface area contributed by atoms with E-state index in [0.717, 1.165) is 128 Å². The van der Waals surface area contributed by atoms with Crippen LogP contribution in [0.3, 0.4) is 0 Å². The van der Waals surface area contributed by atoms with Gasteiger partial charge in [0, 0.05) is 19.3 Å². The predicted octanol–water partition coefficient (Wildman–Crippen LogP) is 23.4. The molecule has 0 heterocycles. The lowest BCUT2D eigenvalue weighted by atomic mass is 10.0. The molecule has 1 atom stereocenters. The molecule has 6 heteroatoms. The molecule has 0 bridgehead atoms. The van der Waals surface area contributed by atoms with Crippen molar-refractivity contribution in [3.8, 4) is 0 Å². The quantitative estimate of drug-likeness (QED) is 0.0261. The first-order valence-corrected chi connectivity index (χ1v) is 33.9. The molecule has 0 amide bonds. The molecular formula is C74H126O6. The van der Waals surface area contributed by atoms with Crippen LogP contribution in [-0.4, -0.2) is 37.2 Å². The fourth-order valence-electron chi connectivity index (χ4n) is 9.40. The average molecular weight is 1110 g/mol. The summed E-state index contributed by atoms with van der Waals surface area (Å²) in [4.78, 5) is 38.2. The van der Waals surface area contributed by atoms with Gasteiger partial charge in [-0.1, -0.05) is 291 Å². The minimum Gasteiger partial charge on any atom is -0.462 e. The van der Waals surface area contributed by atoms with Crippen molar-refractivity contribution in [1.29, 1.82) is 0 Å². The van der Waals surface area contributed by atoms with E-state index in [1.807, 2.05) is 0 Å². The maximum absolute atomic E-state index is 12.9. The molecule has 0 aromatic carbocycles. The number of carbonyl (C=O) groups is 3. The Balaban J connectivity index is 4.13. The second-order valence-electron chi connectivity index (χ2n) is 22.3. The molecule has 1 unspecified atom stereocenters. The minimum absolute atomic E-state index is 0.0840. The molecular weight excluding hydrogens is 985 g/mol. The van der Waals surface area contributed by atoms with Crippen LogP contribution in [0.4, 0.5) is 0 Å². The Kier molecular flexibility index (Phi) is 64.3. The maximum atomic E-state index is 12.9. The Hall–Kier alpha value is -3.93. The number of esters is 3. The van der Waals surface area contributed by atoms with Gasteiger partial charge in [-0.2, -0.15) is 0 Å². The van der Waals surface area contributed by atoms with Crippen molar-refractivity contribution >= 4 is 17.9 Å². The molecule has 80 heavy (non-hydrogen) atoms. The van der Waals surface area contributed by atoms with Crippen molar-refractivity contribution in [3.05, 3.63) is 109 Å². The summed E-state index contributed by atoms with van der Waals surface area (Å²) < 4.78 is 16.9. The lowest BCUT2D eigenvalue weighted by Gasteiger charge is -2.18. The van der Waals surface area contributed by atoms with Gasteiger partial charge in [0.15, 0.2) is 6.10 Å². The fourth-order valence-corrected chi connectivity index (χ4v) is 9.40. The van der Waals surface area contributed by atoms with E-state index in [2.05, 4.69) is 130 Å². The lowest BCUT2D eigenvalue weighted by Crippen LogP contribution is -2.30. The zero-order valence-corrected chi connectivity index (χ0v) is 52.6. The highest BCUT2D eigenvalue weighted by atomic mass is 16.6. The van der Waals surface area contributed by atoms with E-state index >= 15 is 0 Å². The predicted molar refractivity (Wildman–Crippen MR) is 348 cm³/mol. The zero-order chi connectivity index (χ0) is 57.8. The van der Waals surface area contributed by atoms with E-state index in [9.17, 15) is 14.4 Å². The van der Waals surface area contributed by atoms with Crippen LogP contribution in [0, 0.1) is 0 Å². The van der Waals surface area contributed by atoms with Gasteiger partial charge in [-0.15, -0.1) is 0 Å². The summed E-state index contributed by atoms with van der Waals surface area (Å²) >= 11 is 0. The highest BCUT2D eigenvalue weighted by Gasteiger charge is 2.19. The Morgan fingerprint density at radius 3 is 0.812 bits per heavy atom. The Morgan fingerprint density at radius 1 is 0.263 bits per heavy atom. The summed E-state index contributed by atoms with van der Waals surface area (Å²) in [5, 5.41) is 0. The number of ether oxygens (including phenoxy) is 3. The molecule has 0 saturated heterocycles. The molecule has 0 aliphatic heterocycles. The van der Waals surface area contributed by atoms with Crippen LogP contribution >= 0.6 is 0 Å². The number of allylic oxidation sites excluding steroid dienone is 18. The third kappa shape index (κ3) is 64.9. The SMILES string of the molecule is CC/C=C\C/C=C\C/C=C\C/C=C\C/C=C\C/C=C\CCCCCCCCCCCCCCCCCCC(=O)OCC(COC(=O)CCCCCCC/C=C\CCCC)OC(=O)CCCCCCC/C=C\C/C=C\CCCCCC. The molecule has 0 aromatic rings.